The Labute approximate surface area is 86.9 Å². The smallest absolute Gasteiger partial charge is 0.122 e. The predicted octanol–water partition coefficient (Wildman–Crippen LogP) is 2.51. The summed E-state index contributed by atoms with van der Waals surface area (Å²) in [5.74, 6) is 0. The van der Waals surface area contributed by atoms with Crippen molar-refractivity contribution in [3.05, 3.63) is 41.1 Å². The van der Waals surface area contributed by atoms with Crippen molar-refractivity contribution in [1.82, 2.24) is 15.0 Å². The van der Waals surface area contributed by atoms with Crippen LogP contribution < -0.4 is 0 Å². The molecule has 0 aromatic carbocycles. The molecule has 0 aliphatic heterocycles. The van der Waals surface area contributed by atoms with Gasteiger partial charge in [0, 0.05) is 18.0 Å². The molecule has 1 N–H and O–H groups in total. The summed E-state index contributed by atoms with van der Waals surface area (Å²) < 4.78 is 0.630. The highest BCUT2D eigenvalue weighted by Crippen LogP contribution is 2.18. The fourth-order valence-electron chi connectivity index (χ4n) is 1.26. The molecule has 4 heteroatoms. The maximum absolute atomic E-state index is 5.00. The zero-order valence-corrected chi connectivity index (χ0v) is 8.51. The standard InChI is InChI=1S/C10H9N3S/c1-7-2-3-11-4-8(7)9-5-12-6-10(14)13-9/h2-6H,1H3,(H,13,14). The first-order chi connectivity index (χ1) is 6.77. The van der Waals surface area contributed by atoms with E-state index >= 15 is 0 Å². The Morgan fingerprint density at radius 1 is 1.21 bits per heavy atom. The van der Waals surface area contributed by atoms with Gasteiger partial charge in [-0.25, -0.2) is 0 Å². The van der Waals surface area contributed by atoms with E-state index in [1.165, 1.54) is 0 Å². The lowest BCUT2D eigenvalue weighted by molar-refractivity contribution is 1.17. The number of pyridine rings is 1. The van der Waals surface area contributed by atoms with Crippen LogP contribution in [0.5, 0.6) is 0 Å². The Bertz CT molecular complexity index is 504. The number of aromatic amines is 1. The number of nitrogens with one attached hydrogen (secondary N) is 1. The summed E-state index contributed by atoms with van der Waals surface area (Å²) in [5.41, 5.74) is 3.09. The van der Waals surface area contributed by atoms with Gasteiger partial charge in [0.15, 0.2) is 0 Å². The Hall–Kier alpha value is -1.55. The molecular weight excluding hydrogens is 194 g/mol. The fourth-order valence-corrected chi connectivity index (χ4v) is 1.43. The molecule has 2 aromatic rings. The van der Waals surface area contributed by atoms with E-state index in [2.05, 4.69) is 15.0 Å². The van der Waals surface area contributed by atoms with Gasteiger partial charge in [-0.1, -0.05) is 12.2 Å². The van der Waals surface area contributed by atoms with Gasteiger partial charge in [0.05, 0.1) is 18.1 Å². The third kappa shape index (κ3) is 1.70. The summed E-state index contributed by atoms with van der Waals surface area (Å²) >= 11 is 5.00. The molecule has 0 fully saturated rings. The molecule has 0 amide bonds. The van der Waals surface area contributed by atoms with Crippen LogP contribution in [0.25, 0.3) is 11.3 Å². The average Bonchev–Trinajstić information content (AvgIpc) is 2.18. The van der Waals surface area contributed by atoms with Crippen LogP contribution in [0.1, 0.15) is 5.56 Å². The Morgan fingerprint density at radius 2 is 2.07 bits per heavy atom. The molecule has 0 spiro atoms. The van der Waals surface area contributed by atoms with Gasteiger partial charge in [-0.3, -0.25) is 9.97 Å². The zero-order chi connectivity index (χ0) is 9.97. The Kier molecular flexibility index (Phi) is 2.37. The van der Waals surface area contributed by atoms with E-state index in [4.69, 9.17) is 12.2 Å². The van der Waals surface area contributed by atoms with E-state index in [1.54, 1.807) is 24.8 Å². The number of nitrogens with zero attached hydrogens (tertiary/aromatic N) is 2. The van der Waals surface area contributed by atoms with Crippen molar-refractivity contribution in [3.8, 4) is 11.3 Å². The van der Waals surface area contributed by atoms with Crippen LogP contribution in [0.15, 0.2) is 30.9 Å². The molecule has 2 aromatic heterocycles. The van der Waals surface area contributed by atoms with Crippen LogP contribution in [-0.4, -0.2) is 15.0 Å². The minimum absolute atomic E-state index is 0.630. The third-order valence-corrected chi connectivity index (χ3v) is 2.19. The number of rotatable bonds is 1. The molecule has 0 saturated heterocycles. The molecule has 0 aliphatic carbocycles. The highest BCUT2D eigenvalue weighted by molar-refractivity contribution is 7.71. The minimum atomic E-state index is 0.630. The number of hydrogen-bond acceptors (Lipinski definition) is 3. The van der Waals surface area contributed by atoms with E-state index < -0.39 is 0 Å². The van der Waals surface area contributed by atoms with Crippen LogP contribution >= 0.6 is 12.2 Å². The SMILES string of the molecule is Cc1ccncc1-c1cncc(=S)[nH]1. The number of hydrogen-bond donors (Lipinski definition) is 1. The second kappa shape index (κ2) is 3.67. The van der Waals surface area contributed by atoms with Crippen molar-refractivity contribution < 1.29 is 0 Å². The van der Waals surface area contributed by atoms with Crippen molar-refractivity contribution in [2.75, 3.05) is 0 Å². The molecule has 0 radical (unpaired) electrons. The zero-order valence-electron chi connectivity index (χ0n) is 7.69. The van der Waals surface area contributed by atoms with Crippen LogP contribution in [0.3, 0.4) is 0 Å². The molecular formula is C10H9N3S. The van der Waals surface area contributed by atoms with Crippen molar-refractivity contribution in [1.29, 1.82) is 0 Å². The normalized spacial score (nSPS) is 10.1. The van der Waals surface area contributed by atoms with Crippen molar-refractivity contribution in [3.63, 3.8) is 0 Å². The largest absolute Gasteiger partial charge is 0.344 e. The summed E-state index contributed by atoms with van der Waals surface area (Å²) in [5, 5.41) is 0. The summed E-state index contributed by atoms with van der Waals surface area (Å²) in [6, 6.07) is 1.96. The summed E-state index contributed by atoms with van der Waals surface area (Å²) in [6.07, 6.45) is 6.94. The van der Waals surface area contributed by atoms with Crippen LogP contribution in [0, 0.1) is 11.6 Å². The van der Waals surface area contributed by atoms with Gasteiger partial charge in [-0.2, -0.15) is 0 Å². The van der Waals surface area contributed by atoms with Crippen molar-refractivity contribution in [2.45, 2.75) is 6.92 Å². The number of aryl methyl sites for hydroxylation is 1. The molecule has 0 aliphatic rings. The molecule has 0 saturated carbocycles. The summed E-state index contributed by atoms with van der Waals surface area (Å²) in [4.78, 5) is 11.2. The van der Waals surface area contributed by atoms with E-state index in [9.17, 15) is 0 Å². The summed E-state index contributed by atoms with van der Waals surface area (Å²) in [6.45, 7) is 2.03. The van der Waals surface area contributed by atoms with Gasteiger partial charge in [0.1, 0.15) is 4.64 Å². The van der Waals surface area contributed by atoms with Gasteiger partial charge in [-0.15, -0.1) is 0 Å². The fraction of sp³-hybridized carbons (Fsp3) is 0.100. The number of aromatic nitrogens is 3. The lowest BCUT2D eigenvalue weighted by Gasteiger charge is -2.03. The second-order valence-electron chi connectivity index (χ2n) is 3.00. The first kappa shape index (κ1) is 9.02. The van der Waals surface area contributed by atoms with E-state index in [-0.39, 0.29) is 0 Å². The molecule has 2 rings (SSSR count). The molecule has 0 unspecified atom stereocenters. The molecule has 14 heavy (non-hydrogen) atoms. The van der Waals surface area contributed by atoms with Gasteiger partial charge in [-0.05, 0) is 18.6 Å². The molecule has 0 bridgehead atoms. The maximum Gasteiger partial charge on any atom is 0.122 e. The lowest BCUT2D eigenvalue weighted by Crippen LogP contribution is -1.89. The first-order valence-corrected chi connectivity index (χ1v) is 4.63. The highest BCUT2D eigenvalue weighted by atomic mass is 32.1. The van der Waals surface area contributed by atoms with Crippen LogP contribution in [0.4, 0.5) is 0 Å². The van der Waals surface area contributed by atoms with Gasteiger partial charge >= 0.3 is 0 Å². The monoisotopic (exact) mass is 203 g/mol. The highest BCUT2D eigenvalue weighted by Gasteiger charge is 2.00. The van der Waals surface area contributed by atoms with Crippen LogP contribution in [0.2, 0.25) is 0 Å². The van der Waals surface area contributed by atoms with E-state index in [0.29, 0.717) is 4.64 Å². The van der Waals surface area contributed by atoms with Crippen molar-refractivity contribution in [2.24, 2.45) is 0 Å². The molecule has 3 nitrogen and oxygen atoms in total. The topological polar surface area (TPSA) is 41.6 Å². The lowest BCUT2D eigenvalue weighted by atomic mass is 10.1. The van der Waals surface area contributed by atoms with E-state index in [0.717, 1.165) is 16.8 Å². The third-order valence-electron chi connectivity index (χ3n) is 1.98. The second-order valence-corrected chi connectivity index (χ2v) is 3.44. The minimum Gasteiger partial charge on any atom is -0.344 e. The molecule has 70 valence electrons. The Morgan fingerprint density at radius 3 is 2.79 bits per heavy atom. The van der Waals surface area contributed by atoms with Gasteiger partial charge < -0.3 is 4.98 Å². The maximum atomic E-state index is 5.00. The van der Waals surface area contributed by atoms with Gasteiger partial charge in [0.2, 0.25) is 0 Å². The van der Waals surface area contributed by atoms with E-state index in [1.807, 2.05) is 13.0 Å². The van der Waals surface area contributed by atoms with Crippen LogP contribution in [-0.2, 0) is 0 Å². The molecule has 0 atom stereocenters. The summed E-state index contributed by atoms with van der Waals surface area (Å²) in [7, 11) is 0. The quantitative estimate of drug-likeness (QED) is 0.724. The number of H-pyrrole nitrogens is 1. The molecule has 2 heterocycles. The first-order valence-electron chi connectivity index (χ1n) is 4.22. The Balaban J connectivity index is 2.61. The van der Waals surface area contributed by atoms with Crippen molar-refractivity contribution >= 4 is 12.2 Å². The average molecular weight is 203 g/mol. The predicted molar refractivity (Wildman–Crippen MR) is 57.4 cm³/mol. The van der Waals surface area contributed by atoms with Gasteiger partial charge in [0.25, 0.3) is 0 Å².